The number of carbonyl (C=O) groups excluding carboxylic acids is 1. The van der Waals surface area contributed by atoms with Crippen LogP contribution in [0.4, 0.5) is 0 Å². The number of nitrogens with one attached hydrogen (secondary N) is 1. The predicted octanol–water partition coefficient (Wildman–Crippen LogP) is 0.232. The second-order valence-corrected chi connectivity index (χ2v) is 3.83. The average Bonchev–Trinajstić information content (AvgIpc) is 2.91. The molecule has 0 unspecified atom stereocenters. The Morgan fingerprint density at radius 1 is 1.44 bits per heavy atom. The number of benzene rings is 1. The van der Waals surface area contributed by atoms with Gasteiger partial charge in [0.25, 0.3) is 0 Å². The summed E-state index contributed by atoms with van der Waals surface area (Å²) in [5.41, 5.74) is 7.23. The van der Waals surface area contributed by atoms with E-state index in [-0.39, 0.29) is 5.91 Å². The largest absolute Gasteiger partial charge is 0.352 e. The minimum atomic E-state index is -0.0383. The molecule has 1 heterocycles. The van der Waals surface area contributed by atoms with Gasteiger partial charge in [0.15, 0.2) is 0 Å². The van der Waals surface area contributed by atoms with Crippen molar-refractivity contribution in [2.24, 2.45) is 5.73 Å². The molecule has 0 saturated carbocycles. The smallest absolute Gasteiger partial charge is 0.221 e. The third-order valence-electron chi connectivity index (χ3n) is 2.45. The van der Waals surface area contributed by atoms with Gasteiger partial charge in [-0.05, 0) is 17.7 Å². The van der Waals surface area contributed by atoms with E-state index in [4.69, 9.17) is 5.73 Å². The highest BCUT2D eigenvalue weighted by Crippen LogP contribution is 2.08. The topological polar surface area (TPSA) is 85.8 Å². The highest BCUT2D eigenvalue weighted by molar-refractivity contribution is 5.76. The Kier molecular flexibility index (Phi) is 4.03. The number of rotatable bonds is 5. The fourth-order valence-electron chi connectivity index (χ4n) is 1.57. The van der Waals surface area contributed by atoms with Crippen LogP contribution in [0.15, 0.2) is 36.9 Å². The molecule has 0 bridgehead atoms. The maximum Gasteiger partial charge on any atom is 0.221 e. The molecule has 0 saturated heterocycles. The van der Waals surface area contributed by atoms with Crippen LogP contribution in [0, 0.1) is 0 Å². The van der Waals surface area contributed by atoms with Crippen LogP contribution < -0.4 is 11.1 Å². The molecular weight excluding hydrogens is 230 g/mol. The number of amides is 1. The van der Waals surface area contributed by atoms with E-state index < -0.39 is 0 Å². The molecule has 94 valence electrons. The van der Waals surface area contributed by atoms with Crippen LogP contribution in [-0.2, 0) is 11.3 Å². The first-order valence-corrected chi connectivity index (χ1v) is 5.70. The molecule has 0 radical (unpaired) electrons. The quantitative estimate of drug-likeness (QED) is 0.789. The summed E-state index contributed by atoms with van der Waals surface area (Å²) in [4.78, 5) is 15.2. The van der Waals surface area contributed by atoms with Gasteiger partial charge >= 0.3 is 0 Å². The number of hydrogen-bond acceptors (Lipinski definition) is 4. The monoisotopic (exact) mass is 245 g/mol. The molecule has 0 aliphatic carbocycles. The second-order valence-electron chi connectivity index (χ2n) is 3.83. The first-order valence-electron chi connectivity index (χ1n) is 5.70. The molecule has 6 heteroatoms. The van der Waals surface area contributed by atoms with Crippen molar-refractivity contribution in [2.45, 2.75) is 13.0 Å². The van der Waals surface area contributed by atoms with Gasteiger partial charge < -0.3 is 11.1 Å². The normalized spacial score (nSPS) is 10.3. The maximum absolute atomic E-state index is 11.3. The lowest BCUT2D eigenvalue weighted by atomic mass is 10.2. The predicted molar refractivity (Wildman–Crippen MR) is 66.9 cm³/mol. The minimum Gasteiger partial charge on any atom is -0.352 e. The van der Waals surface area contributed by atoms with E-state index in [1.165, 1.54) is 6.33 Å². The molecule has 1 amide bonds. The molecule has 6 nitrogen and oxygen atoms in total. The van der Waals surface area contributed by atoms with Crippen molar-refractivity contribution in [3.63, 3.8) is 0 Å². The van der Waals surface area contributed by atoms with Gasteiger partial charge in [0.1, 0.15) is 12.7 Å². The van der Waals surface area contributed by atoms with Crippen molar-refractivity contribution in [3.05, 3.63) is 42.5 Å². The van der Waals surface area contributed by atoms with Crippen molar-refractivity contribution in [3.8, 4) is 5.69 Å². The SMILES string of the molecule is NCCC(=O)NCc1cccc(-n2cncn2)c1. The van der Waals surface area contributed by atoms with Crippen LogP contribution in [0.1, 0.15) is 12.0 Å². The van der Waals surface area contributed by atoms with Crippen LogP contribution in [-0.4, -0.2) is 27.2 Å². The molecule has 1 aromatic heterocycles. The summed E-state index contributed by atoms with van der Waals surface area (Å²) in [5.74, 6) is -0.0383. The summed E-state index contributed by atoms with van der Waals surface area (Å²) < 4.78 is 1.67. The zero-order valence-electron chi connectivity index (χ0n) is 9.91. The van der Waals surface area contributed by atoms with E-state index in [0.29, 0.717) is 19.5 Å². The summed E-state index contributed by atoms with van der Waals surface area (Å²) in [6.07, 6.45) is 3.46. The van der Waals surface area contributed by atoms with E-state index in [1.54, 1.807) is 11.0 Å². The van der Waals surface area contributed by atoms with Crippen molar-refractivity contribution >= 4 is 5.91 Å². The number of carbonyl (C=O) groups is 1. The number of nitrogens with two attached hydrogens (primary N) is 1. The first-order chi connectivity index (χ1) is 8.79. The molecule has 0 fully saturated rings. The highest BCUT2D eigenvalue weighted by Gasteiger charge is 2.01. The van der Waals surface area contributed by atoms with Gasteiger partial charge in [-0.2, -0.15) is 5.10 Å². The zero-order valence-corrected chi connectivity index (χ0v) is 9.91. The van der Waals surface area contributed by atoms with Gasteiger partial charge in [-0.3, -0.25) is 4.79 Å². The van der Waals surface area contributed by atoms with E-state index >= 15 is 0 Å². The van der Waals surface area contributed by atoms with Crippen molar-refractivity contribution < 1.29 is 4.79 Å². The van der Waals surface area contributed by atoms with E-state index in [2.05, 4.69) is 15.4 Å². The first kappa shape index (κ1) is 12.3. The molecule has 3 N–H and O–H groups in total. The molecule has 18 heavy (non-hydrogen) atoms. The Bertz CT molecular complexity index is 509. The van der Waals surface area contributed by atoms with Gasteiger partial charge in [-0.1, -0.05) is 12.1 Å². The van der Waals surface area contributed by atoms with Crippen molar-refractivity contribution in [1.29, 1.82) is 0 Å². The van der Waals surface area contributed by atoms with Crippen LogP contribution in [0.5, 0.6) is 0 Å². The molecule has 0 atom stereocenters. The number of aromatic nitrogens is 3. The van der Waals surface area contributed by atoms with Gasteiger partial charge in [0.2, 0.25) is 5.91 Å². The summed E-state index contributed by atoms with van der Waals surface area (Å²) in [7, 11) is 0. The molecule has 2 rings (SSSR count). The molecule has 2 aromatic rings. The van der Waals surface area contributed by atoms with Crippen molar-refractivity contribution in [1.82, 2.24) is 20.1 Å². The zero-order chi connectivity index (χ0) is 12.8. The lowest BCUT2D eigenvalue weighted by Crippen LogP contribution is -2.25. The Hall–Kier alpha value is -2.21. The molecular formula is C12H15N5O. The Morgan fingerprint density at radius 3 is 3.06 bits per heavy atom. The Morgan fingerprint density at radius 2 is 2.33 bits per heavy atom. The average molecular weight is 245 g/mol. The van der Waals surface area contributed by atoms with Gasteiger partial charge in [-0.25, -0.2) is 9.67 Å². The highest BCUT2D eigenvalue weighted by atomic mass is 16.1. The Labute approximate surface area is 105 Å². The lowest BCUT2D eigenvalue weighted by molar-refractivity contribution is -0.121. The maximum atomic E-state index is 11.3. The standard InChI is InChI=1S/C12H15N5O/c13-5-4-12(18)15-7-10-2-1-3-11(6-10)17-9-14-8-16-17/h1-3,6,8-9H,4-5,7,13H2,(H,15,18). The molecule has 1 aromatic carbocycles. The van der Waals surface area contributed by atoms with E-state index in [0.717, 1.165) is 11.3 Å². The number of nitrogens with zero attached hydrogens (tertiary/aromatic N) is 3. The third-order valence-corrected chi connectivity index (χ3v) is 2.45. The summed E-state index contributed by atoms with van der Waals surface area (Å²) in [6, 6.07) is 7.75. The number of hydrogen-bond donors (Lipinski definition) is 2. The fraction of sp³-hybridized carbons (Fsp3) is 0.250. The van der Waals surface area contributed by atoms with Gasteiger partial charge in [0.05, 0.1) is 5.69 Å². The summed E-state index contributed by atoms with van der Waals surface area (Å²) in [6.45, 7) is 0.853. The molecule has 0 aliphatic rings. The van der Waals surface area contributed by atoms with Gasteiger partial charge in [0, 0.05) is 19.5 Å². The lowest BCUT2D eigenvalue weighted by Gasteiger charge is -2.06. The van der Waals surface area contributed by atoms with Crippen LogP contribution in [0.25, 0.3) is 5.69 Å². The summed E-state index contributed by atoms with van der Waals surface area (Å²) in [5, 5.41) is 6.86. The Balaban J connectivity index is 2.02. The minimum absolute atomic E-state index is 0.0383. The van der Waals surface area contributed by atoms with E-state index in [9.17, 15) is 4.79 Å². The fourth-order valence-corrected chi connectivity index (χ4v) is 1.57. The molecule has 0 aliphatic heterocycles. The van der Waals surface area contributed by atoms with Crippen LogP contribution >= 0.6 is 0 Å². The van der Waals surface area contributed by atoms with Crippen molar-refractivity contribution in [2.75, 3.05) is 6.54 Å². The molecule has 0 spiro atoms. The van der Waals surface area contributed by atoms with Crippen LogP contribution in [0.2, 0.25) is 0 Å². The third kappa shape index (κ3) is 3.14. The van der Waals surface area contributed by atoms with Gasteiger partial charge in [-0.15, -0.1) is 0 Å². The van der Waals surface area contributed by atoms with Crippen LogP contribution in [0.3, 0.4) is 0 Å². The second kappa shape index (κ2) is 5.92. The summed E-state index contributed by atoms with van der Waals surface area (Å²) >= 11 is 0. The van der Waals surface area contributed by atoms with E-state index in [1.807, 2.05) is 24.3 Å².